The average Bonchev–Trinajstić information content (AvgIpc) is 2.47. The lowest BCUT2D eigenvalue weighted by molar-refractivity contribution is 0.0264. The first-order chi connectivity index (χ1) is 10.7. The summed E-state index contributed by atoms with van der Waals surface area (Å²) in [6, 6.07) is 5.47. The molecule has 0 atom stereocenters. The molecule has 0 unspecified atom stereocenters. The molecule has 0 aromatic heterocycles. The van der Waals surface area contributed by atoms with E-state index in [-0.39, 0.29) is 6.09 Å². The zero-order valence-electron chi connectivity index (χ0n) is 13.8. The quantitative estimate of drug-likeness (QED) is 0.634. The van der Waals surface area contributed by atoms with Gasteiger partial charge in [-0.15, -0.1) is 0 Å². The Balaban J connectivity index is 1.87. The zero-order valence-corrected chi connectivity index (χ0v) is 15.4. The van der Waals surface area contributed by atoms with Crippen LogP contribution in [0.2, 0.25) is 0 Å². The van der Waals surface area contributed by atoms with E-state index in [4.69, 9.17) is 15.2 Å². The van der Waals surface area contributed by atoms with Crippen LogP contribution in [0.4, 0.5) is 10.5 Å². The highest BCUT2D eigenvalue weighted by Gasteiger charge is 2.23. The summed E-state index contributed by atoms with van der Waals surface area (Å²) in [5.41, 5.74) is 7.13. The van der Waals surface area contributed by atoms with Crippen molar-refractivity contribution in [2.75, 3.05) is 25.4 Å². The maximum Gasteiger partial charge on any atom is 0.410 e. The highest BCUT2D eigenvalue weighted by molar-refractivity contribution is 9.10. The largest absolute Gasteiger partial charge is 0.488 e. The van der Waals surface area contributed by atoms with Gasteiger partial charge in [0.25, 0.3) is 0 Å². The number of anilines is 1. The molecule has 1 aliphatic heterocycles. The highest BCUT2D eigenvalue weighted by atomic mass is 79.9. The summed E-state index contributed by atoms with van der Waals surface area (Å²) in [4.78, 5) is 13.7. The van der Waals surface area contributed by atoms with Gasteiger partial charge in [0, 0.05) is 24.8 Å². The predicted molar refractivity (Wildman–Crippen MR) is 94.6 cm³/mol. The van der Waals surface area contributed by atoms with E-state index in [1.165, 1.54) is 5.57 Å². The fourth-order valence-corrected chi connectivity index (χ4v) is 2.50. The predicted octanol–water partition coefficient (Wildman–Crippen LogP) is 3.98. The normalized spacial score (nSPS) is 15.1. The van der Waals surface area contributed by atoms with Crippen LogP contribution in [0.3, 0.4) is 0 Å². The van der Waals surface area contributed by atoms with Gasteiger partial charge in [0.1, 0.15) is 18.0 Å². The van der Waals surface area contributed by atoms with Crippen LogP contribution in [0.1, 0.15) is 27.2 Å². The Kier molecular flexibility index (Phi) is 5.57. The topological polar surface area (TPSA) is 64.8 Å². The minimum atomic E-state index is -0.469. The second-order valence-corrected chi connectivity index (χ2v) is 7.37. The summed E-state index contributed by atoms with van der Waals surface area (Å²) in [7, 11) is 0. The molecule has 0 fully saturated rings. The molecule has 0 saturated carbocycles. The third kappa shape index (κ3) is 5.46. The maximum atomic E-state index is 12.0. The van der Waals surface area contributed by atoms with E-state index in [2.05, 4.69) is 15.9 Å². The van der Waals surface area contributed by atoms with Crippen molar-refractivity contribution in [1.82, 2.24) is 4.90 Å². The molecule has 1 aliphatic rings. The fraction of sp³-hybridized carbons (Fsp3) is 0.471. The van der Waals surface area contributed by atoms with Gasteiger partial charge in [-0.1, -0.05) is 6.08 Å². The molecule has 1 amide bonds. The molecule has 1 heterocycles. The van der Waals surface area contributed by atoms with Gasteiger partial charge in [-0.2, -0.15) is 0 Å². The number of hydrogen-bond donors (Lipinski definition) is 1. The van der Waals surface area contributed by atoms with Crippen LogP contribution >= 0.6 is 15.9 Å². The first kappa shape index (κ1) is 17.7. The van der Waals surface area contributed by atoms with Crippen LogP contribution in [-0.4, -0.2) is 36.3 Å². The van der Waals surface area contributed by atoms with Crippen molar-refractivity contribution in [3.63, 3.8) is 0 Å². The number of halogens is 1. The Morgan fingerprint density at radius 3 is 2.74 bits per heavy atom. The summed E-state index contributed by atoms with van der Waals surface area (Å²) < 4.78 is 12.1. The Bertz CT molecular complexity index is 608. The van der Waals surface area contributed by atoms with Crippen molar-refractivity contribution in [3.8, 4) is 5.75 Å². The van der Waals surface area contributed by atoms with Crippen molar-refractivity contribution in [2.45, 2.75) is 32.8 Å². The van der Waals surface area contributed by atoms with Gasteiger partial charge >= 0.3 is 6.09 Å². The van der Waals surface area contributed by atoms with Crippen molar-refractivity contribution in [2.24, 2.45) is 0 Å². The molecule has 6 heteroatoms. The molecule has 0 radical (unpaired) electrons. The number of hydrogen-bond acceptors (Lipinski definition) is 4. The first-order valence-electron chi connectivity index (χ1n) is 7.58. The second-order valence-electron chi connectivity index (χ2n) is 6.52. The molecule has 1 aromatic rings. The second kappa shape index (κ2) is 7.25. The Hall–Kier alpha value is -1.69. The molecule has 2 rings (SSSR count). The minimum Gasteiger partial charge on any atom is -0.488 e. The van der Waals surface area contributed by atoms with Crippen molar-refractivity contribution < 1.29 is 14.3 Å². The third-order valence-corrected chi connectivity index (χ3v) is 3.98. The monoisotopic (exact) mass is 382 g/mol. The summed E-state index contributed by atoms with van der Waals surface area (Å²) in [5, 5.41) is 0. The SMILES string of the molecule is CC(C)(C)OC(=O)N1CC=C(COc2cc(N)ccc2Br)CC1. The molecule has 0 bridgehead atoms. The van der Waals surface area contributed by atoms with Crippen LogP contribution in [0.5, 0.6) is 5.75 Å². The van der Waals surface area contributed by atoms with E-state index in [1.807, 2.05) is 39.0 Å². The molecule has 0 aliphatic carbocycles. The number of rotatable bonds is 3. The number of benzene rings is 1. The summed E-state index contributed by atoms with van der Waals surface area (Å²) in [5.74, 6) is 0.723. The summed E-state index contributed by atoms with van der Waals surface area (Å²) in [6.07, 6.45) is 2.53. The van der Waals surface area contributed by atoms with E-state index in [1.54, 1.807) is 11.0 Å². The van der Waals surface area contributed by atoms with Crippen LogP contribution in [0, 0.1) is 0 Å². The van der Waals surface area contributed by atoms with Gasteiger partial charge in [0.15, 0.2) is 0 Å². The van der Waals surface area contributed by atoms with Crippen LogP contribution in [0.15, 0.2) is 34.3 Å². The fourth-order valence-electron chi connectivity index (χ4n) is 2.14. The number of nitrogens with two attached hydrogens (primary N) is 1. The molecule has 23 heavy (non-hydrogen) atoms. The van der Waals surface area contributed by atoms with Gasteiger partial charge in [-0.25, -0.2) is 4.79 Å². The molecule has 2 N–H and O–H groups in total. The van der Waals surface area contributed by atoms with Crippen molar-refractivity contribution in [3.05, 3.63) is 34.3 Å². The van der Waals surface area contributed by atoms with Gasteiger partial charge in [-0.3, -0.25) is 0 Å². The minimum absolute atomic E-state index is 0.271. The number of nitrogens with zero attached hydrogens (tertiary/aromatic N) is 1. The zero-order chi connectivity index (χ0) is 17.0. The van der Waals surface area contributed by atoms with Gasteiger partial charge in [0.2, 0.25) is 0 Å². The van der Waals surface area contributed by atoms with Crippen LogP contribution < -0.4 is 10.5 Å². The Morgan fingerprint density at radius 1 is 1.39 bits per heavy atom. The van der Waals surface area contributed by atoms with Gasteiger partial charge in [0.05, 0.1) is 4.47 Å². The highest BCUT2D eigenvalue weighted by Crippen LogP contribution is 2.28. The van der Waals surface area contributed by atoms with Crippen LogP contribution in [0.25, 0.3) is 0 Å². The molecule has 1 aromatic carbocycles. The van der Waals surface area contributed by atoms with E-state index in [9.17, 15) is 4.79 Å². The van der Waals surface area contributed by atoms with E-state index < -0.39 is 5.60 Å². The number of ether oxygens (including phenoxy) is 2. The number of carbonyl (C=O) groups excluding carboxylic acids is 1. The first-order valence-corrected chi connectivity index (χ1v) is 8.37. The number of nitrogen functional groups attached to an aromatic ring is 1. The third-order valence-electron chi connectivity index (χ3n) is 3.32. The van der Waals surface area contributed by atoms with E-state index >= 15 is 0 Å². The molecule has 0 saturated heterocycles. The van der Waals surface area contributed by atoms with Crippen LogP contribution in [-0.2, 0) is 4.74 Å². The standard InChI is InChI=1S/C17H23BrN2O3/c1-17(2,3)23-16(21)20-8-6-12(7-9-20)11-22-15-10-13(19)4-5-14(15)18/h4-6,10H,7-9,11,19H2,1-3H3. The van der Waals surface area contributed by atoms with E-state index in [0.29, 0.717) is 25.4 Å². The van der Waals surface area contributed by atoms with Gasteiger partial charge in [-0.05, 0) is 60.8 Å². The molecule has 126 valence electrons. The maximum absolute atomic E-state index is 12.0. The Labute approximate surface area is 145 Å². The van der Waals surface area contributed by atoms with Crippen molar-refractivity contribution in [1.29, 1.82) is 0 Å². The van der Waals surface area contributed by atoms with E-state index in [0.717, 1.165) is 16.6 Å². The lowest BCUT2D eigenvalue weighted by Crippen LogP contribution is -2.39. The smallest absolute Gasteiger partial charge is 0.410 e. The number of carbonyl (C=O) groups is 1. The molecular weight excluding hydrogens is 360 g/mol. The molecule has 0 spiro atoms. The average molecular weight is 383 g/mol. The van der Waals surface area contributed by atoms with Gasteiger partial charge < -0.3 is 20.1 Å². The summed E-state index contributed by atoms with van der Waals surface area (Å²) >= 11 is 3.44. The number of amides is 1. The summed E-state index contributed by atoms with van der Waals surface area (Å²) in [6.45, 7) is 7.28. The molecular formula is C17H23BrN2O3. The Morgan fingerprint density at radius 2 is 2.13 bits per heavy atom. The lowest BCUT2D eigenvalue weighted by atomic mass is 10.1. The molecule has 5 nitrogen and oxygen atoms in total. The lowest BCUT2D eigenvalue weighted by Gasteiger charge is -2.29. The van der Waals surface area contributed by atoms with Crippen molar-refractivity contribution >= 4 is 27.7 Å².